The molecule has 19 heavy (non-hydrogen) atoms. The summed E-state index contributed by atoms with van der Waals surface area (Å²) in [6, 6.07) is 8.74. The van der Waals surface area contributed by atoms with Gasteiger partial charge < -0.3 is 0 Å². The summed E-state index contributed by atoms with van der Waals surface area (Å²) in [5, 5.41) is 0. The second kappa shape index (κ2) is 5.88. The van der Waals surface area contributed by atoms with Crippen molar-refractivity contribution in [1.82, 2.24) is 4.31 Å². The first-order chi connectivity index (χ1) is 9.07. The van der Waals surface area contributed by atoms with Crippen LogP contribution in [0.1, 0.15) is 26.2 Å². The molecule has 0 amide bonds. The first-order valence-corrected chi connectivity index (χ1v) is 8.19. The van der Waals surface area contributed by atoms with E-state index in [0.29, 0.717) is 23.8 Å². The van der Waals surface area contributed by atoms with E-state index in [4.69, 9.17) is 0 Å². The van der Waals surface area contributed by atoms with Crippen molar-refractivity contribution in [2.45, 2.75) is 37.1 Å². The summed E-state index contributed by atoms with van der Waals surface area (Å²) in [7, 11) is -3.38. The van der Waals surface area contributed by atoms with Crippen LogP contribution in [0.5, 0.6) is 0 Å². The first-order valence-electron chi connectivity index (χ1n) is 6.75. The number of benzene rings is 1. The lowest BCUT2D eigenvalue weighted by Crippen LogP contribution is -2.47. The predicted octanol–water partition coefficient (Wildman–Crippen LogP) is 3.05. The number of piperidine rings is 1. The van der Waals surface area contributed by atoms with Gasteiger partial charge in [0.2, 0.25) is 10.0 Å². The third-order valence-corrected chi connectivity index (χ3v) is 5.76. The number of rotatable bonds is 4. The summed E-state index contributed by atoms with van der Waals surface area (Å²) in [4.78, 5) is 0.387. The molecule has 0 radical (unpaired) electrons. The third kappa shape index (κ3) is 2.90. The van der Waals surface area contributed by atoms with Crippen molar-refractivity contribution in [2.24, 2.45) is 5.92 Å². The molecule has 4 heteroatoms. The highest BCUT2D eigenvalue weighted by Gasteiger charge is 2.36. The Morgan fingerprint density at radius 1 is 1.37 bits per heavy atom. The lowest BCUT2D eigenvalue weighted by atomic mass is 9.91. The molecule has 0 spiro atoms. The molecular formula is C15H21NO2S. The Morgan fingerprint density at radius 2 is 2.05 bits per heavy atom. The van der Waals surface area contributed by atoms with Crippen LogP contribution < -0.4 is 0 Å². The topological polar surface area (TPSA) is 37.4 Å². The van der Waals surface area contributed by atoms with Gasteiger partial charge >= 0.3 is 0 Å². The van der Waals surface area contributed by atoms with Crippen molar-refractivity contribution in [2.75, 3.05) is 6.54 Å². The van der Waals surface area contributed by atoms with Crippen LogP contribution in [0.4, 0.5) is 0 Å². The zero-order chi connectivity index (χ0) is 13.9. The highest BCUT2D eigenvalue weighted by Crippen LogP contribution is 2.30. The van der Waals surface area contributed by atoms with Gasteiger partial charge in [-0.2, -0.15) is 4.31 Å². The zero-order valence-electron chi connectivity index (χ0n) is 11.3. The predicted molar refractivity (Wildman–Crippen MR) is 77.3 cm³/mol. The van der Waals surface area contributed by atoms with Crippen LogP contribution >= 0.6 is 0 Å². The summed E-state index contributed by atoms with van der Waals surface area (Å²) < 4.78 is 27.1. The second-order valence-corrected chi connectivity index (χ2v) is 7.03. The van der Waals surface area contributed by atoms with Crippen LogP contribution in [0.25, 0.3) is 0 Å². The van der Waals surface area contributed by atoms with Crippen molar-refractivity contribution in [3.8, 4) is 0 Å². The molecule has 1 aliphatic heterocycles. The molecule has 1 aromatic carbocycles. The number of sulfonamides is 1. The van der Waals surface area contributed by atoms with Gasteiger partial charge in [-0.3, -0.25) is 0 Å². The zero-order valence-corrected chi connectivity index (χ0v) is 12.1. The van der Waals surface area contributed by atoms with E-state index in [1.807, 2.05) is 12.1 Å². The van der Waals surface area contributed by atoms with E-state index in [0.717, 1.165) is 12.8 Å². The minimum Gasteiger partial charge on any atom is -0.207 e. The van der Waals surface area contributed by atoms with Crippen LogP contribution in [0.15, 0.2) is 47.9 Å². The van der Waals surface area contributed by atoms with E-state index >= 15 is 0 Å². The first kappa shape index (κ1) is 14.3. The molecule has 3 nitrogen and oxygen atoms in total. The highest BCUT2D eigenvalue weighted by atomic mass is 32.2. The Balaban J connectivity index is 2.35. The SMILES string of the molecule is C=CCC1C(C)CCCN1S(=O)(=O)c1ccccc1. The fraction of sp³-hybridized carbons (Fsp3) is 0.467. The average molecular weight is 279 g/mol. The molecule has 0 N–H and O–H groups in total. The van der Waals surface area contributed by atoms with Crippen molar-refractivity contribution in [3.05, 3.63) is 43.0 Å². The van der Waals surface area contributed by atoms with Crippen LogP contribution in [-0.4, -0.2) is 25.3 Å². The van der Waals surface area contributed by atoms with Gasteiger partial charge in [-0.05, 0) is 37.3 Å². The largest absolute Gasteiger partial charge is 0.243 e. The molecule has 1 saturated heterocycles. The van der Waals surface area contributed by atoms with Gasteiger partial charge in [0.05, 0.1) is 4.90 Å². The van der Waals surface area contributed by atoms with Gasteiger partial charge in [-0.1, -0.05) is 31.2 Å². The van der Waals surface area contributed by atoms with Crippen LogP contribution in [0.2, 0.25) is 0 Å². The van der Waals surface area contributed by atoms with E-state index in [9.17, 15) is 8.42 Å². The molecule has 2 unspecified atom stereocenters. The summed E-state index contributed by atoms with van der Waals surface area (Å²) in [6.45, 7) is 6.49. The maximum Gasteiger partial charge on any atom is 0.243 e. The minimum absolute atomic E-state index is 0.0384. The standard InChI is InChI=1S/C15H21NO2S/c1-3-8-15-13(2)9-7-12-16(15)19(17,18)14-10-5-4-6-11-14/h3-6,10-11,13,15H,1,7-9,12H2,2H3. The molecule has 0 aromatic heterocycles. The minimum atomic E-state index is -3.38. The molecule has 1 fully saturated rings. The molecule has 1 heterocycles. The molecule has 0 aliphatic carbocycles. The average Bonchev–Trinajstić information content (AvgIpc) is 2.42. The van der Waals surface area contributed by atoms with Gasteiger partial charge in [0.1, 0.15) is 0 Å². The fourth-order valence-corrected chi connectivity index (χ4v) is 4.55. The van der Waals surface area contributed by atoms with Crippen molar-refractivity contribution >= 4 is 10.0 Å². The van der Waals surface area contributed by atoms with Crippen molar-refractivity contribution < 1.29 is 8.42 Å². The van der Waals surface area contributed by atoms with Crippen molar-refractivity contribution in [3.63, 3.8) is 0 Å². The van der Waals surface area contributed by atoms with Gasteiger partial charge in [0, 0.05) is 12.6 Å². The summed E-state index contributed by atoms with van der Waals surface area (Å²) in [6.07, 6.45) is 4.55. The van der Waals surface area contributed by atoms with Crippen LogP contribution in [0, 0.1) is 5.92 Å². The Hall–Kier alpha value is -1.13. The molecule has 0 bridgehead atoms. The van der Waals surface area contributed by atoms with Crippen molar-refractivity contribution in [1.29, 1.82) is 0 Å². The normalized spacial score (nSPS) is 25.1. The Kier molecular flexibility index (Phi) is 4.42. The van der Waals surface area contributed by atoms with E-state index in [1.54, 1.807) is 28.6 Å². The van der Waals surface area contributed by atoms with E-state index in [2.05, 4.69) is 13.5 Å². The van der Waals surface area contributed by atoms with Crippen LogP contribution in [0.3, 0.4) is 0 Å². The highest BCUT2D eigenvalue weighted by molar-refractivity contribution is 7.89. The molecule has 2 rings (SSSR count). The monoisotopic (exact) mass is 279 g/mol. The Labute approximate surface area is 116 Å². The lowest BCUT2D eigenvalue weighted by molar-refractivity contribution is 0.188. The van der Waals surface area contributed by atoms with Gasteiger partial charge in [0.15, 0.2) is 0 Å². The maximum atomic E-state index is 12.7. The third-order valence-electron chi connectivity index (χ3n) is 3.82. The van der Waals surface area contributed by atoms with Gasteiger partial charge in [-0.15, -0.1) is 6.58 Å². The number of nitrogens with zero attached hydrogens (tertiary/aromatic N) is 1. The Bertz CT molecular complexity index is 524. The number of hydrogen-bond acceptors (Lipinski definition) is 2. The number of hydrogen-bond donors (Lipinski definition) is 0. The second-order valence-electron chi connectivity index (χ2n) is 5.14. The summed E-state index contributed by atoms with van der Waals surface area (Å²) in [5.41, 5.74) is 0. The van der Waals surface area contributed by atoms with Crippen LogP contribution in [-0.2, 0) is 10.0 Å². The smallest absolute Gasteiger partial charge is 0.207 e. The fourth-order valence-electron chi connectivity index (χ4n) is 2.76. The lowest BCUT2D eigenvalue weighted by Gasteiger charge is -2.38. The quantitative estimate of drug-likeness (QED) is 0.794. The van der Waals surface area contributed by atoms with Gasteiger partial charge in [0.25, 0.3) is 0 Å². The van der Waals surface area contributed by atoms with E-state index in [-0.39, 0.29) is 6.04 Å². The molecule has 0 saturated carbocycles. The molecule has 2 atom stereocenters. The van der Waals surface area contributed by atoms with Gasteiger partial charge in [-0.25, -0.2) is 8.42 Å². The van der Waals surface area contributed by atoms with E-state index < -0.39 is 10.0 Å². The summed E-state index contributed by atoms with van der Waals surface area (Å²) >= 11 is 0. The molecular weight excluding hydrogens is 258 g/mol. The van der Waals surface area contributed by atoms with E-state index in [1.165, 1.54) is 0 Å². The maximum absolute atomic E-state index is 12.7. The summed E-state index contributed by atoms with van der Waals surface area (Å²) in [5.74, 6) is 0.380. The molecule has 1 aromatic rings. The molecule has 104 valence electrons. The Morgan fingerprint density at radius 3 is 2.68 bits per heavy atom. The molecule has 1 aliphatic rings.